The highest BCUT2D eigenvalue weighted by atomic mass is 19.4. The number of nitrogens with one attached hydrogen (secondary N) is 1. The summed E-state index contributed by atoms with van der Waals surface area (Å²) in [6.45, 7) is 2.85. The van der Waals surface area contributed by atoms with Crippen LogP contribution in [0.2, 0.25) is 0 Å². The number of carbonyl (C=O) groups excluding carboxylic acids is 1. The topological polar surface area (TPSA) is 38.8 Å². The van der Waals surface area contributed by atoms with Crippen LogP contribution in [0.5, 0.6) is 0 Å². The van der Waals surface area contributed by atoms with Gasteiger partial charge in [-0.3, -0.25) is 9.69 Å². The maximum atomic E-state index is 13.5. The summed E-state index contributed by atoms with van der Waals surface area (Å²) >= 11 is 0. The van der Waals surface area contributed by atoms with Crippen molar-refractivity contribution < 1.29 is 18.0 Å². The molecule has 0 bridgehead atoms. The van der Waals surface area contributed by atoms with Crippen molar-refractivity contribution in [1.29, 1.82) is 0 Å². The van der Waals surface area contributed by atoms with Gasteiger partial charge in [-0.1, -0.05) is 36.8 Å². The van der Waals surface area contributed by atoms with Crippen LogP contribution in [0, 0.1) is 0 Å². The molecule has 1 heterocycles. The molecule has 0 radical (unpaired) electrons. The summed E-state index contributed by atoms with van der Waals surface area (Å²) in [4.78, 5) is 19.2. The van der Waals surface area contributed by atoms with Gasteiger partial charge in [0.05, 0.1) is 12.1 Å². The number of hydrogen-bond acceptors (Lipinski definition) is 4. The summed E-state index contributed by atoms with van der Waals surface area (Å²) < 4.78 is 40.6. The van der Waals surface area contributed by atoms with E-state index >= 15 is 0 Å². The first kappa shape index (κ1) is 25.5. The lowest BCUT2D eigenvalue weighted by atomic mass is 9.88. The van der Waals surface area contributed by atoms with E-state index in [1.54, 1.807) is 6.07 Å². The smallest absolute Gasteiger partial charge is 0.376 e. The summed E-state index contributed by atoms with van der Waals surface area (Å²) in [7, 11) is 3.77. The number of halogens is 3. The summed E-state index contributed by atoms with van der Waals surface area (Å²) in [5.41, 5.74) is 2.92. The molecule has 5 nitrogen and oxygen atoms in total. The quantitative estimate of drug-likeness (QED) is 0.559. The van der Waals surface area contributed by atoms with Crippen LogP contribution in [0.1, 0.15) is 41.5 Å². The van der Waals surface area contributed by atoms with E-state index in [-0.39, 0.29) is 24.6 Å². The zero-order valence-corrected chi connectivity index (χ0v) is 20.6. The SMILES string of the molecule is CN(C)CCN(Cc1ccccc1C(F)(F)F)C(=O)CNc1cccc2c1CCN(C1CCC1)C2. The largest absolute Gasteiger partial charge is 0.416 e. The lowest BCUT2D eigenvalue weighted by Crippen LogP contribution is -2.43. The number of benzene rings is 2. The second kappa shape index (κ2) is 11.0. The molecule has 1 aliphatic heterocycles. The van der Waals surface area contributed by atoms with E-state index in [0.717, 1.165) is 31.3 Å². The Bertz CT molecular complexity index is 1020. The standard InChI is InChI=1S/C27H35F3N4O/c1-32(2)15-16-34(19-21-7-3-4-11-24(21)27(28,29)30)26(35)17-31-25-12-5-8-20-18-33(14-13-23(20)25)22-9-6-10-22/h3-5,7-8,11-12,22,31H,6,9-10,13-19H2,1-2H3. The van der Waals surface area contributed by atoms with Crippen molar-refractivity contribution in [3.8, 4) is 0 Å². The monoisotopic (exact) mass is 488 g/mol. The van der Waals surface area contributed by atoms with Gasteiger partial charge in [0, 0.05) is 44.5 Å². The molecule has 1 aliphatic carbocycles. The zero-order valence-electron chi connectivity index (χ0n) is 20.6. The minimum Gasteiger partial charge on any atom is -0.376 e. The molecule has 2 aliphatic rings. The number of carbonyl (C=O) groups is 1. The fourth-order valence-corrected chi connectivity index (χ4v) is 4.90. The van der Waals surface area contributed by atoms with Gasteiger partial charge in [-0.15, -0.1) is 0 Å². The van der Waals surface area contributed by atoms with Gasteiger partial charge >= 0.3 is 6.18 Å². The zero-order chi connectivity index (χ0) is 25.0. The maximum absolute atomic E-state index is 13.5. The number of hydrogen-bond donors (Lipinski definition) is 1. The molecule has 0 unspecified atom stereocenters. The third-order valence-corrected chi connectivity index (χ3v) is 7.17. The third kappa shape index (κ3) is 6.35. The molecule has 0 saturated heterocycles. The maximum Gasteiger partial charge on any atom is 0.416 e. The number of likely N-dealkylation sites (N-methyl/N-ethyl adjacent to an activating group) is 1. The molecule has 8 heteroatoms. The molecule has 2 aromatic rings. The van der Waals surface area contributed by atoms with Crippen LogP contribution in [0.3, 0.4) is 0 Å². The van der Waals surface area contributed by atoms with Gasteiger partial charge in [0.1, 0.15) is 0 Å². The van der Waals surface area contributed by atoms with Crippen molar-refractivity contribution in [2.45, 2.75) is 51.0 Å². The molecule has 0 aromatic heterocycles. The lowest BCUT2D eigenvalue weighted by molar-refractivity contribution is -0.139. The van der Waals surface area contributed by atoms with E-state index < -0.39 is 11.7 Å². The molecule has 190 valence electrons. The number of amides is 1. The Hall–Kier alpha value is -2.58. The average molecular weight is 489 g/mol. The van der Waals surface area contributed by atoms with Crippen LogP contribution < -0.4 is 5.32 Å². The van der Waals surface area contributed by atoms with Crippen molar-refractivity contribution in [3.05, 3.63) is 64.7 Å². The highest BCUT2D eigenvalue weighted by Crippen LogP contribution is 2.33. The van der Waals surface area contributed by atoms with Crippen LogP contribution in [-0.4, -0.2) is 66.9 Å². The third-order valence-electron chi connectivity index (χ3n) is 7.17. The number of alkyl halides is 3. The summed E-state index contributed by atoms with van der Waals surface area (Å²) in [5.74, 6) is -0.215. The first-order valence-corrected chi connectivity index (χ1v) is 12.4. The molecule has 0 spiro atoms. The molecule has 1 saturated carbocycles. The van der Waals surface area contributed by atoms with E-state index in [9.17, 15) is 18.0 Å². The van der Waals surface area contributed by atoms with Crippen LogP contribution in [0.4, 0.5) is 18.9 Å². The van der Waals surface area contributed by atoms with E-state index in [4.69, 9.17) is 0 Å². The Labute approximate surface area is 205 Å². The lowest BCUT2D eigenvalue weighted by Gasteiger charge is -2.40. The highest BCUT2D eigenvalue weighted by Gasteiger charge is 2.34. The average Bonchev–Trinajstić information content (AvgIpc) is 2.78. The predicted octanol–water partition coefficient (Wildman–Crippen LogP) is 4.62. The molecule has 1 amide bonds. The summed E-state index contributed by atoms with van der Waals surface area (Å²) in [5, 5.41) is 3.30. The Kier molecular flexibility index (Phi) is 8.02. The molecule has 35 heavy (non-hydrogen) atoms. The predicted molar refractivity (Wildman–Crippen MR) is 132 cm³/mol. The van der Waals surface area contributed by atoms with E-state index in [2.05, 4.69) is 16.3 Å². The second-order valence-electron chi connectivity index (χ2n) is 9.88. The van der Waals surface area contributed by atoms with Gasteiger partial charge in [-0.05, 0) is 62.2 Å². The van der Waals surface area contributed by atoms with Crippen molar-refractivity contribution in [3.63, 3.8) is 0 Å². The van der Waals surface area contributed by atoms with E-state index in [1.807, 2.05) is 31.1 Å². The van der Waals surface area contributed by atoms with Gasteiger partial charge < -0.3 is 15.1 Å². The Morgan fingerprint density at radius 1 is 1.09 bits per heavy atom. The van der Waals surface area contributed by atoms with E-state index in [0.29, 0.717) is 19.1 Å². The first-order valence-electron chi connectivity index (χ1n) is 12.4. The van der Waals surface area contributed by atoms with Gasteiger partial charge in [-0.25, -0.2) is 0 Å². The number of anilines is 1. The minimum absolute atomic E-state index is 0.0460. The molecule has 2 aromatic carbocycles. The van der Waals surface area contributed by atoms with E-state index in [1.165, 1.54) is 47.4 Å². The Balaban J connectivity index is 1.45. The molecular formula is C27H35F3N4O. The van der Waals surface area contributed by atoms with Crippen LogP contribution in [0.15, 0.2) is 42.5 Å². The summed E-state index contributed by atoms with van der Waals surface area (Å²) in [6, 6.07) is 12.4. The van der Waals surface area contributed by atoms with Crippen molar-refractivity contribution in [2.75, 3.05) is 45.6 Å². The van der Waals surface area contributed by atoms with Crippen molar-refractivity contribution >= 4 is 11.6 Å². The number of rotatable bonds is 9. The highest BCUT2D eigenvalue weighted by molar-refractivity contribution is 5.81. The van der Waals surface area contributed by atoms with Crippen LogP contribution >= 0.6 is 0 Å². The van der Waals surface area contributed by atoms with Gasteiger partial charge in [0.15, 0.2) is 0 Å². The van der Waals surface area contributed by atoms with Gasteiger partial charge in [0.2, 0.25) is 5.91 Å². The Morgan fingerprint density at radius 3 is 2.54 bits per heavy atom. The number of nitrogens with zero attached hydrogens (tertiary/aromatic N) is 3. The molecule has 4 rings (SSSR count). The molecule has 1 fully saturated rings. The van der Waals surface area contributed by atoms with Gasteiger partial charge in [-0.2, -0.15) is 13.2 Å². The fraction of sp³-hybridized carbons (Fsp3) is 0.519. The molecule has 0 atom stereocenters. The second-order valence-corrected chi connectivity index (χ2v) is 9.88. The molecular weight excluding hydrogens is 453 g/mol. The minimum atomic E-state index is -4.46. The van der Waals surface area contributed by atoms with Crippen molar-refractivity contribution in [1.82, 2.24) is 14.7 Å². The summed E-state index contributed by atoms with van der Waals surface area (Å²) in [6.07, 6.45) is 0.355. The normalized spacial score (nSPS) is 16.6. The molecule has 1 N–H and O–H groups in total. The van der Waals surface area contributed by atoms with Crippen LogP contribution in [0.25, 0.3) is 0 Å². The van der Waals surface area contributed by atoms with Crippen LogP contribution in [-0.2, 0) is 30.5 Å². The number of fused-ring (bicyclic) bond motifs is 1. The Morgan fingerprint density at radius 2 is 1.86 bits per heavy atom. The fourth-order valence-electron chi connectivity index (χ4n) is 4.90. The van der Waals surface area contributed by atoms with Crippen molar-refractivity contribution in [2.24, 2.45) is 0 Å². The first-order chi connectivity index (χ1) is 16.7. The van der Waals surface area contributed by atoms with Gasteiger partial charge in [0.25, 0.3) is 0 Å².